The van der Waals surface area contributed by atoms with Crippen LogP contribution in [0.5, 0.6) is 0 Å². The van der Waals surface area contributed by atoms with Gasteiger partial charge in [0.25, 0.3) is 5.91 Å². The minimum atomic E-state index is -3.58. The summed E-state index contributed by atoms with van der Waals surface area (Å²) in [4.78, 5) is 21.4. The topological polar surface area (TPSA) is 79.8 Å². The van der Waals surface area contributed by atoms with Crippen LogP contribution in [0.25, 0.3) is 10.2 Å². The van der Waals surface area contributed by atoms with Crippen LogP contribution in [-0.2, 0) is 14.8 Å². The van der Waals surface area contributed by atoms with E-state index < -0.39 is 10.0 Å². The number of carbonyl (C=O) groups excluding carboxylic acids is 1. The van der Waals surface area contributed by atoms with Crippen LogP contribution in [0.15, 0.2) is 52.3 Å². The van der Waals surface area contributed by atoms with Gasteiger partial charge in [-0.15, -0.1) is 11.8 Å². The van der Waals surface area contributed by atoms with Gasteiger partial charge in [0.1, 0.15) is 0 Å². The molecule has 2 aromatic carbocycles. The summed E-state index contributed by atoms with van der Waals surface area (Å²) in [5, 5.41) is 0.622. The first-order valence-electron chi connectivity index (χ1n) is 11.4. The highest BCUT2D eigenvalue weighted by atomic mass is 32.2. The molecule has 34 heavy (non-hydrogen) atoms. The van der Waals surface area contributed by atoms with Gasteiger partial charge in [0.05, 0.1) is 27.8 Å². The Balaban J connectivity index is 1.67. The number of carbonyl (C=O) groups is 1. The molecule has 0 radical (unpaired) electrons. The fourth-order valence-corrected chi connectivity index (χ4v) is 7.16. The second kappa shape index (κ2) is 10.7. The van der Waals surface area contributed by atoms with Crippen LogP contribution in [0.1, 0.15) is 37.0 Å². The number of sulfonamides is 1. The third-order valence-electron chi connectivity index (χ3n) is 5.92. The van der Waals surface area contributed by atoms with Gasteiger partial charge in [-0.1, -0.05) is 31.3 Å². The third-order valence-corrected chi connectivity index (χ3v) is 9.80. The minimum Gasteiger partial charge on any atom is -0.376 e. The number of thioether (sulfide) groups is 1. The Morgan fingerprint density at radius 3 is 2.53 bits per heavy atom. The number of nitrogens with zero attached hydrogens (tertiary/aromatic N) is 3. The Bertz CT molecular complexity index is 1250. The summed E-state index contributed by atoms with van der Waals surface area (Å²) in [5.41, 5.74) is 1.31. The largest absolute Gasteiger partial charge is 0.376 e. The Morgan fingerprint density at radius 2 is 1.91 bits per heavy atom. The van der Waals surface area contributed by atoms with Gasteiger partial charge in [-0.25, -0.2) is 13.4 Å². The lowest BCUT2D eigenvalue weighted by Gasteiger charge is -2.23. The van der Waals surface area contributed by atoms with Crippen molar-refractivity contribution in [3.63, 3.8) is 0 Å². The van der Waals surface area contributed by atoms with Crippen molar-refractivity contribution in [2.75, 3.05) is 37.4 Å². The molecule has 7 nitrogen and oxygen atoms in total. The summed E-state index contributed by atoms with van der Waals surface area (Å²) in [5.74, 6) is -0.216. The molecule has 1 unspecified atom stereocenters. The lowest BCUT2D eigenvalue weighted by Crippen LogP contribution is -2.37. The molecule has 0 N–H and O–H groups in total. The van der Waals surface area contributed by atoms with E-state index in [1.165, 1.54) is 27.8 Å². The summed E-state index contributed by atoms with van der Waals surface area (Å²) in [6, 6.07) is 12.2. The first kappa shape index (κ1) is 25.1. The lowest BCUT2D eigenvalue weighted by atomic mass is 10.2. The number of anilines is 1. The van der Waals surface area contributed by atoms with Crippen LogP contribution in [0.4, 0.5) is 5.13 Å². The number of para-hydroxylation sites is 1. The second-order valence-corrected chi connectivity index (χ2v) is 11.8. The minimum absolute atomic E-state index is 0.0432. The van der Waals surface area contributed by atoms with Gasteiger partial charge in [-0.2, -0.15) is 4.31 Å². The summed E-state index contributed by atoms with van der Waals surface area (Å²) in [6.07, 6.45) is 3.84. The maximum absolute atomic E-state index is 13.6. The zero-order chi connectivity index (χ0) is 24.3. The standard InChI is InChI=1S/C24H29N3O4S3/c1-4-26(5-2)34(29,30)19-13-11-17(12-14-19)23(28)27(16-18-8-7-15-31-18)24-25-22-20(32-3)9-6-10-21(22)33-24/h6,9-14,18H,4-5,7-8,15-16H2,1-3H3. The van der Waals surface area contributed by atoms with E-state index in [0.29, 0.717) is 36.9 Å². The lowest BCUT2D eigenvalue weighted by molar-refractivity contribution is 0.0917. The van der Waals surface area contributed by atoms with E-state index in [-0.39, 0.29) is 16.9 Å². The molecule has 0 spiro atoms. The van der Waals surface area contributed by atoms with Crippen LogP contribution < -0.4 is 4.90 Å². The maximum Gasteiger partial charge on any atom is 0.260 e. The average molecular weight is 520 g/mol. The Kier molecular flexibility index (Phi) is 7.94. The van der Waals surface area contributed by atoms with Crippen LogP contribution in [-0.4, -0.2) is 62.2 Å². The van der Waals surface area contributed by atoms with Crippen molar-refractivity contribution in [2.45, 2.75) is 42.6 Å². The van der Waals surface area contributed by atoms with E-state index in [2.05, 4.69) is 0 Å². The predicted octanol–water partition coefficient (Wildman–Crippen LogP) is 4.87. The number of fused-ring (bicyclic) bond motifs is 1. The fourth-order valence-electron chi connectivity index (χ4n) is 4.07. The van der Waals surface area contributed by atoms with Gasteiger partial charge in [0, 0.05) is 30.2 Å². The zero-order valence-electron chi connectivity index (χ0n) is 19.6. The van der Waals surface area contributed by atoms with Crippen molar-refractivity contribution in [1.82, 2.24) is 9.29 Å². The summed E-state index contributed by atoms with van der Waals surface area (Å²) < 4.78 is 33.9. The highest BCUT2D eigenvalue weighted by Gasteiger charge is 2.28. The van der Waals surface area contributed by atoms with E-state index in [0.717, 1.165) is 28.0 Å². The molecule has 4 rings (SSSR count). The van der Waals surface area contributed by atoms with E-state index in [1.54, 1.807) is 28.8 Å². The number of hydrogen-bond donors (Lipinski definition) is 0. The van der Waals surface area contributed by atoms with Crippen LogP contribution in [0.3, 0.4) is 0 Å². The molecular weight excluding hydrogens is 490 g/mol. The van der Waals surface area contributed by atoms with Crippen molar-refractivity contribution in [1.29, 1.82) is 0 Å². The molecule has 1 atom stereocenters. The Morgan fingerprint density at radius 1 is 1.18 bits per heavy atom. The van der Waals surface area contributed by atoms with Crippen molar-refractivity contribution < 1.29 is 17.9 Å². The third kappa shape index (κ3) is 5.01. The fraction of sp³-hybridized carbons (Fsp3) is 0.417. The number of aromatic nitrogens is 1. The second-order valence-electron chi connectivity index (χ2n) is 7.97. The molecular formula is C24H29N3O4S3. The molecule has 1 aliphatic rings. The number of benzene rings is 2. The van der Waals surface area contributed by atoms with E-state index in [1.807, 2.05) is 38.3 Å². The monoisotopic (exact) mass is 519 g/mol. The Hall–Kier alpha value is -1.98. The van der Waals surface area contributed by atoms with Gasteiger partial charge in [-0.05, 0) is 55.5 Å². The predicted molar refractivity (Wildman–Crippen MR) is 139 cm³/mol. The smallest absolute Gasteiger partial charge is 0.260 e. The summed E-state index contributed by atoms with van der Waals surface area (Å²) in [7, 11) is -3.58. The molecule has 1 amide bonds. The molecule has 2 heterocycles. The molecule has 3 aromatic rings. The van der Waals surface area contributed by atoms with Gasteiger partial charge < -0.3 is 4.74 Å². The van der Waals surface area contributed by atoms with Gasteiger partial charge >= 0.3 is 0 Å². The summed E-state index contributed by atoms with van der Waals surface area (Å²) >= 11 is 3.11. The zero-order valence-corrected chi connectivity index (χ0v) is 22.0. The highest BCUT2D eigenvalue weighted by Crippen LogP contribution is 2.35. The van der Waals surface area contributed by atoms with Gasteiger partial charge in [-0.3, -0.25) is 9.69 Å². The first-order valence-corrected chi connectivity index (χ1v) is 14.8. The Labute approximate surface area is 209 Å². The molecule has 10 heteroatoms. The van der Waals surface area contributed by atoms with Crippen molar-refractivity contribution >= 4 is 54.4 Å². The molecule has 0 saturated carbocycles. The molecule has 1 fully saturated rings. The first-order chi connectivity index (χ1) is 16.4. The SMILES string of the molecule is CCN(CC)S(=O)(=O)c1ccc(C(=O)N(CC2CCCO2)c2nc3c(SC)cccc3s2)cc1. The average Bonchev–Trinajstić information content (AvgIpc) is 3.52. The van der Waals surface area contributed by atoms with Gasteiger partial charge in [0.15, 0.2) is 5.13 Å². The van der Waals surface area contributed by atoms with Crippen molar-refractivity contribution in [3.05, 3.63) is 48.0 Å². The number of amides is 1. The van der Waals surface area contributed by atoms with Crippen LogP contribution in [0, 0.1) is 0 Å². The van der Waals surface area contributed by atoms with Crippen molar-refractivity contribution in [3.8, 4) is 0 Å². The molecule has 1 saturated heterocycles. The normalized spacial score (nSPS) is 16.4. The number of ether oxygens (including phenoxy) is 1. The van der Waals surface area contributed by atoms with E-state index in [4.69, 9.17) is 9.72 Å². The molecule has 0 aliphatic carbocycles. The number of thiazole rings is 1. The molecule has 1 aliphatic heterocycles. The number of rotatable bonds is 9. The van der Waals surface area contributed by atoms with Crippen LogP contribution in [0.2, 0.25) is 0 Å². The van der Waals surface area contributed by atoms with Crippen LogP contribution >= 0.6 is 23.1 Å². The maximum atomic E-state index is 13.6. The molecule has 182 valence electrons. The summed E-state index contributed by atoms with van der Waals surface area (Å²) in [6.45, 7) is 5.51. The highest BCUT2D eigenvalue weighted by molar-refractivity contribution is 7.98. The van der Waals surface area contributed by atoms with Gasteiger partial charge in [0.2, 0.25) is 10.0 Å². The molecule has 0 bridgehead atoms. The quantitative estimate of drug-likeness (QED) is 0.375. The van der Waals surface area contributed by atoms with Crippen molar-refractivity contribution in [2.24, 2.45) is 0 Å². The molecule has 1 aromatic heterocycles. The van der Waals surface area contributed by atoms with E-state index >= 15 is 0 Å². The van der Waals surface area contributed by atoms with E-state index in [9.17, 15) is 13.2 Å². The number of hydrogen-bond acceptors (Lipinski definition) is 7.